The van der Waals surface area contributed by atoms with Crippen LogP contribution in [0, 0.1) is 5.92 Å². The first-order chi connectivity index (χ1) is 15.8. The van der Waals surface area contributed by atoms with Gasteiger partial charge in [0.2, 0.25) is 5.91 Å². The number of benzene rings is 1. The SMILES string of the molecule is O=C(CN1CCCC(CN2CCN(c3ccccn3)CC2)C1)NCCOc1ccccc1. The number of piperidine rings is 1. The molecule has 4 rings (SSSR count). The van der Waals surface area contributed by atoms with E-state index in [4.69, 9.17) is 4.74 Å². The van der Waals surface area contributed by atoms with Crippen LogP contribution in [0.4, 0.5) is 5.82 Å². The van der Waals surface area contributed by atoms with Gasteiger partial charge in [-0.1, -0.05) is 24.3 Å². The molecule has 3 heterocycles. The number of likely N-dealkylation sites (tertiary alicyclic amines) is 1. The maximum Gasteiger partial charge on any atom is 0.234 e. The predicted octanol–water partition coefficient (Wildman–Crippen LogP) is 2.11. The van der Waals surface area contributed by atoms with Crippen molar-refractivity contribution in [2.45, 2.75) is 12.8 Å². The summed E-state index contributed by atoms with van der Waals surface area (Å²) in [6, 6.07) is 15.8. The van der Waals surface area contributed by atoms with Crippen molar-refractivity contribution < 1.29 is 9.53 Å². The summed E-state index contributed by atoms with van der Waals surface area (Å²) in [6.45, 7) is 8.86. The molecule has 0 saturated carbocycles. The van der Waals surface area contributed by atoms with Gasteiger partial charge in [-0.05, 0) is 49.6 Å². The topological polar surface area (TPSA) is 60.9 Å². The summed E-state index contributed by atoms with van der Waals surface area (Å²) >= 11 is 0. The van der Waals surface area contributed by atoms with E-state index in [0.29, 0.717) is 25.6 Å². The number of carbonyl (C=O) groups excluding carboxylic acids is 1. The quantitative estimate of drug-likeness (QED) is 0.607. The monoisotopic (exact) mass is 437 g/mol. The van der Waals surface area contributed by atoms with Gasteiger partial charge in [0.05, 0.1) is 13.1 Å². The van der Waals surface area contributed by atoms with Crippen LogP contribution in [0.15, 0.2) is 54.7 Å². The number of nitrogens with zero attached hydrogens (tertiary/aromatic N) is 4. The van der Waals surface area contributed by atoms with Crippen LogP contribution < -0.4 is 15.0 Å². The summed E-state index contributed by atoms with van der Waals surface area (Å²) in [5.74, 6) is 2.64. The summed E-state index contributed by atoms with van der Waals surface area (Å²) in [6.07, 6.45) is 4.29. The number of nitrogens with one attached hydrogen (secondary N) is 1. The second kappa shape index (κ2) is 11.8. The molecule has 2 saturated heterocycles. The van der Waals surface area contributed by atoms with Crippen molar-refractivity contribution in [3.63, 3.8) is 0 Å². The lowest BCUT2D eigenvalue weighted by atomic mass is 9.97. The van der Waals surface area contributed by atoms with Gasteiger partial charge in [-0.3, -0.25) is 14.6 Å². The fourth-order valence-corrected chi connectivity index (χ4v) is 4.64. The molecular weight excluding hydrogens is 402 g/mol. The standard InChI is InChI=1S/C25H35N5O2/c31-25(27-12-18-32-23-8-2-1-3-9-23)21-29-13-6-7-22(20-29)19-28-14-16-30(17-15-28)24-10-4-5-11-26-24/h1-5,8-11,22H,6-7,12-21H2,(H,27,31). The fraction of sp³-hybridized carbons (Fsp3) is 0.520. The molecule has 7 heteroatoms. The second-order valence-electron chi connectivity index (χ2n) is 8.73. The largest absolute Gasteiger partial charge is 0.492 e. The lowest BCUT2D eigenvalue weighted by molar-refractivity contribution is -0.122. The molecule has 1 N–H and O–H groups in total. The van der Waals surface area contributed by atoms with Gasteiger partial charge in [0, 0.05) is 45.5 Å². The number of anilines is 1. The molecule has 0 aliphatic carbocycles. The van der Waals surface area contributed by atoms with Crippen molar-refractivity contribution >= 4 is 11.7 Å². The Labute approximate surface area is 191 Å². The average molecular weight is 438 g/mol. The van der Waals surface area contributed by atoms with E-state index in [-0.39, 0.29) is 5.91 Å². The van der Waals surface area contributed by atoms with Crippen molar-refractivity contribution in [1.29, 1.82) is 0 Å². The number of hydrogen-bond acceptors (Lipinski definition) is 6. The van der Waals surface area contributed by atoms with Crippen molar-refractivity contribution in [3.05, 3.63) is 54.7 Å². The molecule has 1 aromatic heterocycles. The van der Waals surface area contributed by atoms with E-state index in [1.165, 1.54) is 12.8 Å². The van der Waals surface area contributed by atoms with Gasteiger partial charge in [0.1, 0.15) is 18.2 Å². The highest BCUT2D eigenvalue weighted by molar-refractivity contribution is 5.78. The van der Waals surface area contributed by atoms with Gasteiger partial charge in [-0.25, -0.2) is 4.98 Å². The lowest BCUT2D eigenvalue weighted by Crippen LogP contribution is -2.50. The molecule has 2 aliphatic rings. The maximum absolute atomic E-state index is 12.4. The zero-order valence-electron chi connectivity index (χ0n) is 18.9. The summed E-state index contributed by atoms with van der Waals surface area (Å²) < 4.78 is 5.64. The van der Waals surface area contributed by atoms with Crippen LogP contribution >= 0.6 is 0 Å². The first-order valence-electron chi connectivity index (χ1n) is 11.8. The van der Waals surface area contributed by atoms with Gasteiger partial charge in [-0.15, -0.1) is 0 Å². The zero-order chi connectivity index (χ0) is 22.0. The molecule has 0 bridgehead atoms. The van der Waals surface area contributed by atoms with Crippen LogP contribution in [0.25, 0.3) is 0 Å². The maximum atomic E-state index is 12.4. The van der Waals surface area contributed by atoms with E-state index in [0.717, 1.165) is 57.4 Å². The average Bonchev–Trinajstić information content (AvgIpc) is 2.84. The number of hydrogen-bond donors (Lipinski definition) is 1. The Hall–Kier alpha value is -2.64. The third-order valence-corrected chi connectivity index (χ3v) is 6.27. The Bertz CT molecular complexity index is 812. The molecule has 2 aromatic rings. The number of carbonyl (C=O) groups is 1. The normalized spacial score (nSPS) is 20.1. The van der Waals surface area contributed by atoms with Crippen molar-refractivity contribution in [3.8, 4) is 5.75 Å². The minimum absolute atomic E-state index is 0.0892. The molecule has 2 aliphatic heterocycles. The van der Waals surface area contributed by atoms with Crippen LogP contribution in [-0.2, 0) is 4.79 Å². The van der Waals surface area contributed by atoms with E-state index < -0.39 is 0 Å². The predicted molar refractivity (Wildman–Crippen MR) is 127 cm³/mol. The minimum atomic E-state index is 0.0892. The number of amides is 1. The molecule has 7 nitrogen and oxygen atoms in total. The molecule has 32 heavy (non-hydrogen) atoms. The van der Waals surface area contributed by atoms with E-state index in [9.17, 15) is 4.79 Å². The summed E-state index contributed by atoms with van der Waals surface area (Å²) in [5, 5.41) is 2.99. The second-order valence-corrected chi connectivity index (χ2v) is 8.73. The Morgan fingerprint density at radius 3 is 2.59 bits per heavy atom. The van der Waals surface area contributed by atoms with Crippen molar-refractivity contribution in [2.24, 2.45) is 5.92 Å². The van der Waals surface area contributed by atoms with Crippen LogP contribution in [-0.4, -0.2) is 86.2 Å². The van der Waals surface area contributed by atoms with E-state index in [1.54, 1.807) is 0 Å². The van der Waals surface area contributed by atoms with Gasteiger partial charge in [0.25, 0.3) is 0 Å². The summed E-state index contributed by atoms with van der Waals surface area (Å²) in [7, 11) is 0. The molecule has 0 spiro atoms. The van der Waals surface area contributed by atoms with Crippen LogP contribution in [0.2, 0.25) is 0 Å². The van der Waals surface area contributed by atoms with E-state index in [2.05, 4.69) is 37.1 Å². The van der Waals surface area contributed by atoms with Gasteiger partial charge in [-0.2, -0.15) is 0 Å². The minimum Gasteiger partial charge on any atom is -0.492 e. The number of para-hydroxylation sites is 1. The van der Waals surface area contributed by atoms with Crippen molar-refractivity contribution in [1.82, 2.24) is 20.1 Å². The molecule has 1 atom stereocenters. The summed E-state index contributed by atoms with van der Waals surface area (Å²) in [4.78, 5) is 24.1. The smallest absolute Gasteiger partial charge is 0.234 e. The van der Waals surface area contributed by atoms with E-state index >= 15 is 0 Å². The highest BCUT2D eigenvalue weighted by atomic mass is 16.5. The van der Waals surface area contributed by atoms with Crippen molar-refractivity contribution in [2.75, 3.05) is 70.4 Å². The first-order valence-corrected chi connectivity index (χ1v) is 11.8. The van der Waals surface area contributed by atoms with Gasteiger partial charge < -0.3 is 15.0 Å². The third-order valence-electron chi connectivity index (χ3n) is 6.27. The number of rotatable bonds is 9. The molecular formula is C25H35N5O2. The fourth-order valence-electron chi connectivity index (χ4n) is 4.64. The molecule has 172 valence electrons. The van der Waals surface area contributed by atoms with Crippen LogP contribution in [0.5, 0.6) is 5.75 Å². The van der Waals surface area contributed by atoms with Crippen LogP contribution in [0.1, 0.15) is 12.8 Å². The Balaban J connectivity index is 1.12. The highest BCUT2D eigenvalue weighted by Gasteiger charge is 2.25. The molecule has 1 amide bonds. The Morgan fingerprint density at radius 2 is 1.81 bits per heavy atom. The lowest BCUT2D eigenvalue weighted by Gasteiger charge is -2.39. The zero-order valence-corrected chi connectivity index (χ0v) is 18.9. The third kappa shape index (κ3) is 6.93. The van der Waals surface area contributed by atoms with Gasteiger partial charge >= 0.3 is 0 Å². The molecule has 1 aromatic carbocycles. The first kappa shape index (κ1) is 22.6. The molecule has 2 fully saturated rings. The Kier molecular flexibility index (Phi) is 8.34. The van der Waals surface area contributed by atoms with E-state index in [1.807, 2.05) is 42.6 Å². The number of piperazine rings is 1. The Morgan fingerprint density at radius 1 is 1.00 bits per heavy atom. The van der Waals surface area contributed by atoms with Crippen LogP contribution in [0.3, 0.4) is 0 Å². The highest BCUT2D eigenvalue weighted by Crippen LogP contribution is 2.19. The summed E-state index contributed by atoms with van der Waals surface area (Å²) in [5.41, 5.74) is 0. The molecule has 0 radical (unpaired) electrons. The number of pyridine rings is 1. The van der Waals surface area contributed by atoms with Gasteiger partial charge in [0.15, 0.2) is 0 Å². The molecule has 1 unspecified atom stereocenters. The number of aromatic nitrogens is 1. The number of ether oxygens (including phenoxy) is 1.